The molecule has 4 heteroatoms. The number of carbonyl (C=O) groups is 1. The van der Waals surface area contributed by atoms with E-state index in [1.54, 1.807) is 0 Å². The van der Waals surface area contributed by atoms with E-state index in [0.29, 0.717) is 0 Å². The molecule has 0 unspecified atom stereocenters. The summed E-state index contributed by atoms with van der Waals surface area (Å²) in [5.41, 5.74) is 4.17. The molecular formula is C7H18N2O2. The van der Waals surface area contributed by atoms with Crippen molar-refractivity contribution in [2.75, 3.05) is 26.2 Å². The van der Waals surface area contributed by atoms with Crippen molar-refractivity contribution in [1.82, 2.24) is 4.90 Å². The Balaban J connectivity index is 0. The Hall–Kier alpha value is -0.610. The maximum atomic E-state index is 8.58. The summed E-state index contributed by atoms with van der Waals surface area (Å²) in [6, 6.07) is 0. The molecule has 0 aromatic rings. The van der Waals surface area contributed by atoms with Gasteiger partial charge in [0.2, 0.25) is 6.41 Å². The maximum Gasteiger partial charge on any atom is 0.204 e. The first-order valence-electron chi connectivity index (χ1n) is 3.75. The molecular weight excluding hydrogens is 144 g/mol. The van der Waals surface area contributed by atoms with Crippen molar-refractivity contribution in [1.29, 1.82) is 0 Å². The van der Waals surface area contributed by atoms with Crippen LogP contribution in [0.1, 0.15) is 13.8 Å². The van der Waals surface area contributed by atoms with Crippen LogP contribution in [0.25, 0.3) is 0 Å². The van der Waals surface area contributed by atoms with Crippen LogP contribution >= 0.6 is 0 Å². The van der Waals surface area contributed by atoms with E-state index in [-0.39, 0.29) is 13.0 Å². The Kier molecular flexibility index (Phi) is 14.3. The van der Waals surface area contributed by atoms with E-state index in [9.17, 15) is 0 Å². The number of hydrogen-bond donors (Lipinski definition) is 2. The summed E-state index contributed by atoms with van der Waals surface area (Å²) in [4.78, 5) is 10.8. The quantitative estimate of drug-likeness (QED) is 0.544. The number of likely N-dealkylation sites (N-methyl/N-ethyl adjacent to an activating group) is 1. The van der Waals surface area contributed by atoms with E-state index in [0.717, 1.165) is 19.6 Å². The SMILES string of the molecule is CCN(CC)CCO.NC=O. The molecule has 0 aromatic carbocycles. The Morgan fingerprint density at radius 1 is 1.45 bits per heavy atom. The second kappa shape index (κ2) is 12.1. The lowest BCUT2D eigenvalue weighted by atomic mass is 10.5. The molecule has 0 fully saturated rings. The fourth-order valence-corrected chi connectivity index (χ4v) is 0.681. The van der Waals surface area contributed by atoms with Crippen LogP contribution in [0.5, 0.6) is 0 Å². The highest BCUT2D eigenvalue weighted by Crippen LogP contribution is 1.82. The molecule has 11 heavy (non-hydrogen) atoms. The summed E-state index contributed by atoms with van der Waals surface area (Å²) in [6.07, 6.45) is 0.250. The number of hydrogen-bond acceptors (Lipinski definition) is 3. The molecule has 0 bridgehead atoms. The number of nitrogens with two attached hydrogens (primary N) is 1. The highest BCUT2D eigenvalue weighted by molar-refractivity contribution is 5.42. The normalized spacial score (nSPS) is 8.73. The molecule has 4 nitrogen and oxygen atoms in total. The molecule has 68 valence electrons. The van der Waals surface area contributed by atoms with Gasteiger partial charge < -0.3 is 15.7 Å². The number of rotatable bonds is 4. The van der Waals surface area contributed by atoms with Gasteiger partial charge in [0.1, 0.15) is 0 Å². The lowest BCUT2D eigenvalue weighted by molar-refractivity contribution is -0.106. The minimum atomic E-state index is 0.250. The van der Waals surface area contributed by atoms with Gasteiger partial charge in [-0.15, -0.1) is 0 Å². The highest BCUT2D eigenvalue weighted by atomic mass is 16.3. The Labute approximate surface area is 68.0 Å². The van der Waals surface area contributed by atoms with E-state index in [2.05, 4.69) is 24.5 Å². The van der Waals surface area contributed by atoms with E-state index in [1.165, 1.54) is 0 Å². The molecule has 0 spiro atoms. The lowest BCUT2D eigenvalue weighted by Gasteiger charge is -2.15. The number of aliphatic hydroxyl groups is 1. The Morgan fingerprint density at radius 2 is 1.82 bits per heavy atom. The molecule has 0 saturated heterocycles. The molecule has 0 saturated carbocycles. The van der Waals surface area contributed by atoms with Crippen LogP contribution < -0.4 is 5.73 Å². The first-order valence-corrected chi connectivity index (χ1v) is 3.75. The predicted molar refractivity (Wildman–Crippen MR) is 45.1 cm³/mol. The molecule has 1 amide bonds. The monoisotopic (exact) mass is 162 g/mol. The highest BCUT2D eigenvalue weighted by Gasteiger charge is 1.93. The summed E-state index contributed by atoms with van der Waals surface area (Å²) in [6.45, 7) is 7.36. The van der Waals surface area contributed by atoms with Gasteiger partial charge >= 0.3 is 0 Å². The van der Waals surface area contributed by atoms with Crippen LogP contribution in [-0.4, -0.2) is 42.7 Å². The van der Waals surface area contributed by atoms with E-state index >= 15 is 0 Å². The average Bonchev–Trinajstić information content (AvgIpc) is 2.02. The molecule has 0 rings (SSSR count). The van der Waals surface area contributed by atoms with Gasteiger partial charge in [-0.2, -0.15) is 0 Å². The standard InChI is InChI=1S/C6H15NO.CH3NO/c1-3-7(4-2)5-6-8;2-1-3/h8H,3-6H2,1-2H3;1H,(H2,2,3). The van der Waals surface area contributed by atoms with Crippen molar-refractivity contribution in [2.45, 2.75) is 13.8 Å². The summed E-state index contributed by atoms with van der Waals surface area (Å²) in [5.74, 6) is 0. The lowest BCUT2D eigenvalue weighted by Crippen LogP contribution is -2.25. The molecule has 0 radical (unpaired) electrons. The first kappa shape index (κ1) is 13.0. The fourth-order valence-electron chi connectivity index (χ4n) is 0.681. The summed E-state index contributed by atoms with van der Waals surface area (Å²) in [7, 11) is 0. The van der Waals surface area contributed by atoms with E-state index in [4.69, 9.17) is 9.90 Å². The third-order valence-electron chi connectivity index (χ3n) is 1.31. The van der Waals surface area contributed by atoms with Crippen molar-refractivity contribution < 1.29 is 9.90 Å². The van der Waals surface area contributed by atoms with Crippen LogP contribution in [0.4, 0.5) is 0 Å². The van der Waals surface area contributed by atoms with Gasteiger partial charge in [0, 0.05) is 6.54 Å². The largest absolute Gasteiger partial charge is 0.395 e. The van der Waals surface area contributed by atoms with Crippen molar-refractivity contribution in [2.24, 2.45) is 5.73 Å². The van der Waals surface area contributed by atoms with Gasteiger partial charge in [-0.05, 0) is 13.1 Å². The summed E-state index contributed by atoms with van der Waals surface area (Å²) >= 11 is 0. The number of aliphatic hydroxyl groups excluding tert-OH is 1. The molecule has 0 aliphatic heterocycles. The first-order chi connectivity index (χ1) is 5.26. The topological polar surface area (TPSA) is 66.6 Å². The molecule has 0 aromatic heterocycles. The minimum absolute atomic E-state index is 0.250. The zero-order valence-corrected chi connectivity index (χ0v) is 7.29. The third-order valence-corrected chi connectivity index (χ3v) is 1.31. The van der Waals surface area contributed by atoms with Crippen molar-refractivity contribution in [3.05, 3.63) is 0 Å². The smallest absolute Gasteiger partial charge is 0.204 e. The summed E-state index contributed by atoms with van der Waals surface area (Å²) < 4.78 is 0. The zero-order chi connectivity index (χ0) is 9.11. The molecule has 0 aliphatic rings. The van der Waals surface area contributed by atoms with Gasteiger partial charge in [-0.1, -0.05) is 13.8 Å². The average molecular weight is 162 g/mol. The van der Waals surface area contributed by atoms with Gasteiger partial charge in [0.25, 0.3) is 0 Å². The number of carbonyl (C=O) groups excluding carboxylic acids is 1. The van der Waals surface area contributed by atoms with Crippen LogP contribution in [-0.2, 0) is 4.79 Å². The summed E-state index contributed by atoms with van der Waals surface area (Å²) in [5, 5.41) is 8.46. The van der Waals surface area contributed by atoms with Crippen LogP contribution in [0.3, 0.4) is 0 Å². The number of nitrogens with zero attached hydrogens (tertiary/aromatic N) is 1. The minimum Gasteiger partial charge on any atom is -0.395 e. The molecule has 0 aliphatic carbocycles. The second-order valence-corrected chi connectivity index (χ2v) is 1.89. The zero-order valence-electron chi connectivity index (χ0n) is 7.29. The van der Waals surface area contributed by atoms with E-state index in [1.807, 2.05) is 0 Å². The van der Waals surface area contributed by atoms with Crippen molar-refractivity contribution in [3.63, 3.8) is 0 Å². The van der Waals surface area contributed by atoms with Gasteiger partial charge in [-0.25, -0.2) is 0 Å². The van der Waals surface area contributed by atoms with Gasteiger partial charge in [-0.3, -0.25) is 4.79 Å². The third kappa shape index (κ3) is 12.6. The van der Waals surface area contributed by atoms with Crippen molar-refractivity contribution >= 4 is 6.41 Å². The van der Waals surface area contributed by atoms with E-state index < -0.39 is 0 Å². The van der Waals surface area contributed by atoms with Gasteiger partial charge in [0.15, 0.2) is 0 Å². The predicted octanol–water partition coefficient (Wildman–Crippen LogP) is -0.578. The van der Waals surface area contributed by atoms with Crippen LogP contribution in [0, 0.1) is 0 Å². The number of amides is 1. The molecule has 0 heterocycles. The van der Waals surface area contributed by atoms with Crippen molar-refractivity contribution in [3.8, 4) is 0 Å². The second-order valence-electron chi connectivity index (χ2n) is 1.89. The molecule has 3 N–H and O–H groups in total. The maximum absolute atomic E-state index is 8.58. The van der Waals surface area contributed by atoms with Gasteiger partial charge in [0.05, 0.1) is 6.61 Å². The number of primary amides is 1. The molecule has 0 atom stereocenters. The fraction of sp³-hybridized carbons (Fsp3) is 0.857. The Morgan fingerprint density at radius 3 is 1.91 bits per heavy atom. The van der Waals surface area contributed by atoms with Crippen LogP contribution in [0.15, 0.2) is 0 Å². The Bertz CT molecular complexity index is 74.8. The van der Waals surface area contributed by atoms with Crippen LogP contribution in [0.2, 0.25) is 0 Å².